The fourth-order valence-electron chi connectivity index (χ4n) is 3.44. The zero-order chi connectivity index (χ0) is 23.5. The average Bonchev–Trinajstić information content (AvgIpc) is 3.03. The number of nitrogens with one attached hydrogen (secondary N) is 1. The zero-order valence-electron chi connectivity index (χ0n) is 16.8. The summed E-state index contributed by atoms with van der Waals surface area (Å²) in [6.45, 7) is 3.80. The molecule has 176 valence electrons. The summed E-state index contributed by atoms with van der Waals surface area (Å²) >= 11 is 5.57. The topological polar surface area (TPSA) is 77.1 Å². The minimum absolute atomic E-state index is 0.0652. The van der Waals surface area contributed by atoms with Crippen LogP contribution in [-0.2, 0) is 14.3 Å². The first-order valence-electron chi connectivity index (χ1n) is 9.75. The van der Waals surface area contributed by atoms with Gasteiger partial charge in [0.2, 0.25) is 0 Å². The van der Waals surface area contributed by atoms with Gasteiger partial charge in [0.25, 0.3) is 5.91 Å². The second-order valence-corrected chi connectivity index (χ2v) is 7.96. The maximum absolute atomic E-state index is 13.4. The van der Waals surface area contributed by atoms with Crippen LogP contribution in [0.4, 0.5) is 22.4 Å². The molecule has 2 fully saturated rings. The summed E-state index contributed by atoms with van der Waals surface area (Å²) in [5.41, 5.74) is 0.333. The van der Waals surface area contributed by atoms with E-state index in [9.17, 15) is 27.2 Å². The zero-order valence-corrected chi connectivity index (χ0v) is 17.5. The SMILES string of the molecule is C=C(CCN1C[C@@H](C2CC(OC(F)(F)F)C2)OC1=O)NC(=O)COc1ccc(Cl)c(F)c1. The van der Waals surface area contributed by atoms with Gasteiger partial charge in [0.1, 0.15) is 17.7 Å². The van der Waals surface area contributed by atoms with E-state index in [1.54, 1.807) is 0 Å². The number of amides is 2. The Morgan fingerprint density at radius 3 is 2.72 bits per heavy atom. The molecule has 1 N–H and O–H groups in total. The predicted octanol–water partition coefficient (Wildman–Crippen LogP) is 4.01. The van der Waals surface area contributed by atoms with Crippen molar-refractivity contribution in [2.45, 2.75) is 37.8 Å². The van der Waals surface area contributed by atoms with E-state index in [-0.39, 0.29) is 55.6 Å². The molecule has 12 heteroatoms. The predicted molar refractivity (Wildman–Crippen MR) is 104 cm³/mol. The highest BCUT2D eigenvalue weighted by Gasteiger charge is 2.46. The van der Waals surface area contributed by atoms with Crippen molar-refractivity contribution in [2.75, 3.05) is 19.7 Å². The van der Waals surface area contributed by atoms with Crippen molar-refractivity contribution in [1.29, 1.82) is 0 Å². The van der Waals surface area contributed by atoms with Gasteiger partial charge in [-0.3, -0.25) is 9.53 Å². The third kappa shape index (κ3) is 6.73. The van der Waals surface area contributed by atoms with Crippen LogP contribution in [0.3, 0.4) is 0 Å². The lowest BCUT2D eigenvalue weighted by molar-refractivity contribution is -0.355. The molecular weight excluding hydrogens is 460 g/mol. The molecule has 1 aliphatic heterocycles. The number of alkyl halides is 3. The first-order valence-corrected chi connectivity index (χ1v) is 10.1. The Labute approximate surface area is 186 Å². The molecule has 32 heavy (non-hydrogen) atoms. The van der Waals surface area contributed by atoms with Gasteiger partial charge in [-0.25, -0.2) is 9.18 Å². The van der Waals surface area contributed by atoms with E-state index < -0.39 is 36.4 Å². The maximum atomic E-state index is 13.4. The van der Waals surface area contributed by atoms with Crippen molar-refractivity contribution in [3.05, 3.63) is 41.3 Å². The standard InChI is InChI=1S/C20H21ClF4N2O5/c1-11(26-18(28)10-30-13-2-3-15(21)16(22)8-13)4-5-27-9-17(31-19(27)29)12-6-14(7-12)32-20(23,24)25/h2-3,8,12,14,17H,1,4-7,9-10H2,(H,26,28)/t12?,14?,17-/m0/s1. The third-order valence-corrected chi connectivity index (χ3v) is 5.44. The minimum Gasteiger partial charge on any atom is -0.484 e. The maximum Gasteiger partial charge on any atom is 0.522 e. The van der Waals surface area contributed by atoms with Gasteiger partial charge in [-0.05, 0) is 25.0 Å². The number of rotatable bonds is 9. The van der Waals surface area contributed by atoms with Gasteiger partial charge in [-0.1, -0.05) is 18.2 Å². The Kier molecular flexibility index (Phi) is 7.50. The molecule has 0 unspecified atom stereocenters. The lowest BCUT2D eigenvalue weighted by atomic mass is 9.78. The molecule has 2 amide bonds. The van der Waals surface area contributed by atoms with E-state index in [1.165, 1.54) is 17.0 Å². The van der Waals surface area contributed by atoms with E-state index in [4.69, 9.17) is 21.1 Å². The number of benzene rings is 1. The highest BCUT2D eigenvalue weighted by Crippen LogP contribution is 2.39. The first-order chi connectivity index (χ1) is 15.0. The van der Waals surface area contributed by atoms with Crippen LogP contribution in [0.5, 0.6) is 5.75 Å². The van der Waals surface area contributed by atoms with E-state index in [2.05, 4.69) is 16.6 Å². The van der Waals surface area contributed by atoms with E-state index in [1.807, 2.05) is 0 Å². The van der Waals surface area contributed by atoms with Crippen LogP contribution in [0, 0.1) is 11.7 Å². The Morgan fingerprint density at radius 2 is 2.06 bits per heavy atom. The number of halogens is 5. The molecule has 3 rings (SSSR count). The molecule has 0 radical (unpaired) electrons. The molecule has 1 aromatic rings. The summed E-state index contributed by atoms with van der Waals surface area (Å²) in [5, 5.41) is 2.45. The van der Waals surface area contributed by atoms with E-state index >= 15 is 0 Å². The van der Waals surface area contributed by atoms with Crippen molar-refractivity contribution in [2.24, 2.45) is 5.92 Å². The highest BCUT2D eigenvalue weighted by molar-refractivity contribution is 6.30. The second-order valence-electron chi connectivity index (χ2n) is 7.55. The molecule has 1 saturated heterocycles. The molecule has 1 aromatic carbocycles. The van der Waals surface area contributed by atoms with Crippen molar-refractivity contribution < 1.29 is 41.4 Å². The van der Waals surface area contributed by atoms with Crippen molar-refractivity contribution in [1.82, 2.24) is 10.2 Å². The van der Waals surface area contributed by atoms with Gasteiger partial charge in [0.05, 0.1) is 17.7 Å². The number of carbonyl (C=O) groups excluding carboxylic acids is 2. The number of nitrogens with zero attached hydrogens (tertiary/aromatic N) is 1. The largest absolute Gasteiger partial charge is 0.522 e. The summed E-state index contributed by atoms with van der Waals surface area (Å²) in [6.07, 6.45) is -6.05. The minimum atomic E-state index is -4.67. The number of ether oxygens (including phenoxy) is 3. The first kappa shape index (κ1) is 24.1. The van der Waals surface area contributed by atoms with E-state index in [0.717, 1.165) is 6.07 Å². The number of hydrogen-bond acceptors (Lipinski definition) is 5. The lowest BCUT2D eigenvalue weighted by Crippen LogP contribution is -2.42. The Bertz CT molecular complexity index is 876. The van der Waals surface area contributed by atoms with Crippen LogP contribution in [0.2, 0.25) is 5.02 Å². The molecule has 2 aliphatic rings. The van der Waals surface area contributed by atoms with Gasteiger partial charge < -0.3 is 19.7 Å². The van der Waals surface area contributed by atoms with Crippen LogP contribution >= 0.6 is 11.6 Å². The molecule has 0 bridgehead atoms. The van der Waals surface area contributed by atoms with Crippen LogP contribution in [0.25, 0.3) is 0 Å². The molecule has 1 heterocycles. The van der Waals surface area contributed by atoms with Crippen LogP contribution < -0.4 is 10.1 Å². The Balaban J connectivity index is 1.34. The Morgan fingerprint density at radius 1 is 1.34 bits per heavy atom. The fourth-order valence-corrected chi connectivity index (χ4v) is 3.55. The lowest BCUT2D eigenvalue weighted by Gasteiger charge is -2.37. The van der Waals surface area contributed by atoms with Crippen molar-refractivity contribution in [3.8, 4) is 5.75 Å². The third-order valence-electron chi connectivity index (χ3n) is 5.13. The average molecular weight is 481 g/mol. The number of hydrogen-bond donors (Lipinski definition) is 1. The quantitative estimate of drug-likeness (QED) is 0.540. The number of cyclic esters (lactones) is 1. The summed E-state index contributed by atoms with van der Waals surface area (Å²) in [5.74, 6) is -1.24. The van der Waals surface area contributed by atoms with Gasteiger partial charge in [-0.15, -0.1) is 13.2 Å². The summed E-state index contributed by atoms with van der Waals surface area (Å²) in [4.78, 5) is 25.4. The van der Waals surface area contributed by atoms with Gasteiger partial charge >= 0.3 is 12.5 Å². The fraction of sp³-hybridized carbons (Fsp3) is 0.500. The summed E-state index contributed by atoms with van der Waals surface area (Å²) in [7, 11) is 0. The van der Waals surface area contributed by atoms with Crippen LogP contribution in [0.1, 0.15) is 19.3 Å². The van der Waals surface area contributed by atoms with E-state index in [0.29, 0.717) is 5.70 Å². The van der Waals surface area contributed by atoms with Gasteiger partial charge in [0.15, 0.2) is 6.61 Å². The molecular formula is C20H21ClF4N2O5. The summed E-state index contributed by atoms with van der Waals surface area (Å²) < 4.78 is 64.4. The normalized spacial score (nSPS) is 22.8. The second kappa shape index (κ2) is 9.95. The molecule has 1 saturated carbocycles. The van der Waals surface area contributed by atoms with Crippen LogP contribution in [0.15, 0.2) is 30.5 Å². The smallest absolute Gasteiger partial charge is 0.484 e. The number of carbonyl (C=O) groups is 2. The molecule has 1 atom stereocenters. The van der Waals surface area contributed by atoms with Crippen molar-refractivity contribution in [3.63, 3.8) is 0 Å². The molecule has 1 aliphatic carbocycles. The van der Waals surface area contributed by atoms with Gasteiger partial charge in [0, 0.05) is 30.6 Å². The molecule has 0 aromatic heterocycles. The van der Waals surface area contributed by atoms with Crippen molar-refractivity contribution >= 4 is 23.6 Å². The van der Waals surface area contributed by atoms with Crippen LogP contribution in [-0.4, -0.2) is 55.2 Å². The monoisotopic (exact) mass is 480 g/mol. The Hall–Kier alpha value is -2.53. The molecule has 7 nitrogen and oxygen atoms in total. The van der Waals surface area contributed by atoms with Gasteiger partial charge in [-0.2, -0.15) is 0 Å². The summed E-state index contributed by atoms with van der Waals surface area (Å²) in [6, 6.07) is 3.78. The highest BCUT2D eigenvalue weighted by atomic mass is 35.5. The molecule has 0 spiro atoms.